The average molecular weight is 150 g/mol. The lowest BCUT2D eigenvalue weighted by Gasteiger charge is -2.17. The summed E-state index contributed by atoms with van der Waals surface area (Å²) in [6.45, 7) is 6.70. The highest BCUT2D eigenvalue weighted by atomic mass is 14.1. The van der Waals surface area contributed by atoms with E-state index >= 15 is 0 Å². The van der Waals surface area contributed by atoms with Crippen molar-refractivity contribution in [1.29, 1.82) is 0 Å². The van der Waals surface area contributed by atoms with Crippen LogP contribution in [0.3, 0.4) is 0 Å². The van der Waals surface area contributed by atoms with Gasteiger partial charge in [0.2, 0.25) is 0 Å². The van der Waals surface area contributed by atoms with Crippen LogP contribution in [0.4, 0.5) is 0 Å². The van der Waals surface area contributed by atoms with E-state index in [1.807, 2.05) is 0 Å². The van der Waals surface area contributed by atoms with Gasteiger partial charge in [0, 0.05) is 0 Å². The number of hydrogen-bond donors (Lipinski definition) is 0. The molecule has 0 aromatic carbocycles. The molecule has 0 aromatic heterocycles. The lowest BCUT2D eigenvalue weighted by atomic mass is 9.89. The highest BCUT2D eigenvalue weighted by Gasteiger charge is 2.08. The molecule has 0 heterocycles. The molecule has 0 saturated carbocycles. The number of allylic oxidation sites excluding steroid dienone is 4. The van der Waals surface area contributed by atoms with Crippen LogP contribution in [0.15, 0.2) is 23.3 Å². The fraction of sp³-hybridized carbons (Fsp3) is 0.636. The van der Waals surface area contributed by atoms with Crippen LogP contribution in [0.25, 0.3) is 0 Å². The molecule has 0 aliphatic heterocycles. The minimum atomic E-state index is 0.741. The van der Waals surface area contributed by atoms with Crippen LogP contribution in [0.1, 0.15) is 40.0 Å². The standard InChI is InChI=1S/C11H18/c1-4-10-6-5-7-11(8-10)9(2)3/h4,8-9H,5-7H2,1-3H3. The molecule has 1 rings (SSSR count). The van der Waals surface area contributed by atoms with Gasteiger partial charge >= 0.3 is 0 Å². The van der Waals surface area contributed by atoms with Crippen molar-refractivity contribution in [2.24, 2.45) is 5.92 Å². The van der Waals surface area contributed by atoms with E-state index in [9.17, 15) is 0 Å². The van der Waals surface area contributed by atoms with Crippen LogP contribution in [0.2, 0.25) is 0 Å². The van der Waals surface area contributed by atoms with E-state index in [2.05, 4.69) is 32.9 Å². The minimum absolute atomic E-state index is 0.741. The first-order valence-electron chi connectivity index (χ1n) is 4.59. The summed E-state index contributed by atoms with van der Waals surface area (Å²) in [7, 11) is 0. The smallest absolute Gasteiger partial charge is 0.0257 e. The summed E-state index contributed by atoms with van der Waals surface area (Å²) >= 11 is 0. The third-order valence-electron chi connectivity index (χ3n) is 2.41. The minimum Gasteiger partial charge on any atom is -0.0844 e. The van der Waals surface area contributed by atoms with Gasteiger partial charge in [0.1, 0.15) is 0 Å². The summed E-state index contributed by atoms with van der Waals surface area (Å²) in [6, 6.07) is 0. The van der Waals surface area contributed by atoms with Gasteiger partial charge in [-0.05, 0) is 32.1 Å². The molecule has 11 heavy (non-hydrogen) atoms. The molecule has 0 saturated heterocycles. The monoisotopic (exact) mass is 150 g/mol. The SMILES string of the molecule is CC=C1C=C(C(C)C)CCC1. The summed E-state index contributed by atoms with van der Waals surface area (Å²) in [4.78, 5) is 0. The van der Waals surface area contributed by atoms with E-state index < -0.39 is 0 Å². The van der Waals surface area contributed by atoms with Crippen molar-refractivity contribution < 1.29 is 0 Å². The molecule has 1 aliphatic rings. The van der Waals surface area contributed by atoms with Crippen LogP contribution < -0.4 is 0 Å². The molecule has 0 aromatic rings. The molecule has 0 radical (unpaired) electrons. The summed E-state index contributed by atoms with van der Waals surface area (Å²) in [5, 5.41) is 0. The first-order chi connectivity index (χ1) is 5.24. The van der Waals surface area contributed by atoms with Gasteiger partial charge < -0.3 is 0 Å². The summed E-state index contributed by atoms with van der Waals surface area (Å²) < 4.78 is 0. The Morgan fingerprint density at radius 2 is 2.09 bits per heavy atom. The molecule has 0 bridgehead atoms. The predicted octanol–water partition coefficient (Wildman–Crippen LogP) is 3.70. The molecule has 0 unspecified atom stereocenters. The van der Waals surface area contributed by atoms with Crippen molar-refractivity contribution in [1.82, 2.24) is 0 Å². The van der Waals surface area contributed by atoms with E-state index in [0.29, 0.717) is 0 Å². The van der Waals surface area contributed by atoms with E-state index in [1.165, 1.54) is 24.8 Å². The van der Waals surface area contributed by atoms with E-state index in [-0.39, 0.29) is 0 Å². The van der Waals surface area contributed by atoms with E-state index in [4.69, 9.17) is 0 Å². The maximum atomic E-state index is 2.38. The van der Waals surface area contributed by atoms with Crippen molar-refractivity contribution in [3.05, 3.63) is 23.3 Å². The lowest BCUT2D eigenvalue weighted by molar-refractivity contribution is 0.660. The molecule has 0 amide bonds. The van der Waals surface area contributed by atoms with Gasteiger partial charge in [0.05, 0.1) is 0 Å². The van der Waals surface area contributed by atoms with Crippen molar-refractivity contribution >= 4 is 0 Å². The number of rotatable bonds is 1. The quantitative estimate of drug-likeness (QED) is 0.534. The zero-order chi connectivity index (χ0) is 8.27. The average Bonchev–Trinajstić information content (AvgIpc) is 2.05. The molecular weight excluding hydrogens is 132 g/mol. The van der Waals surface area contributed by atoms with Crippen LogP contribution >= 0.6 is 0 Å². The Balaban J connectivity index is 2.72. The number of hydrogen-bond acceptors (Lipinski definition) is 0. The molecule has 0 nitrogen and oxygen atoms in total. The van der Waals surface area contributed by atoms with Crippen molar-refractivity contribution in [3.63, 3.8) is 0 Å². The van der Waals surface area contributed by atoms with Gasteiger partial charge in [-0.2, -0.15) is 0 Å². The van der Waals surface area contributed by atoms with Crippen LogP contribution in [-0.2, 0) is 0 Å². The Bertz CT molecular complexity index is 182. The van der Waals surface area contributed by atoms with E-state index in [1.54, 1.807) is 5.57 Å². The van der Waals surface area contributed by atoms with E-state index in [0.717, 1.165) is 5.92 Å². The lowest BCUT2D eigenvalue weighted by Crippen LogP contribution is -2.00. The molecule has 0 fully saturated rings. The first-order valence-corrected chi connectivity index (χ1v) is 4.59. The zero-order valence-electron chi connectivity index (χ0n) is 7.85. The Labute approximate surface area is 70.0 Å². The Morgan fingerprint density at radius 1 is 1.36 bits per heavy atom. The summed E-state index contributed by atoms with van der Waals surface area (Å²) in [6.07, 6.45) is 8.57. The van der Waals surface area contributed by atoms with Crippen molar-refractivity contribution in [2.75, 3.05) is 0 Å². The maximum absolute atomic E-state index is 2.38. The molecule has 1 aliphatic carbocycles. The van der Waals surface area contributed by atoms with Crippen molar-refractivity contribution in [2.45, 2.75) is 40.0 Å². The summed E-state index contributed by atoms with van der Waals surface area (Å²) in [5.74, 6) is 0.741. The van der Waals surface area contributed by atoms with Crippen LogP contribution in [0, 0.1) is 5.92 Å². The highest BCUT2D eigenvalue weighted by Crippen LogP contribution is 2.26. The molecule has 0 heteroatoms. The van der Waals surface area contributed by atoms with Gasteiger partial charge in [-0.25, -0.2) is 0 Å². The molecule has 0 N–H and O–H groups in total. The molecule has 62 valence electrons. The van der Waals surface area contributed by atoms with Crippen LogP contribution in [-0.4, -0.2) is 0 Å². The third-order valence-corrected chi connectivity index (χ3v) is 2.41. The summed E-state index contributed by atoms with van der Waals surface area (Å²) in [5.41, 5.74) is 3.16. The predicted molar refractivity (Wildman–Crippen MR) is 50.5 cm³/mol. The van der Waals surface area contributed by atoms with Gasteiger partial charge in [0.15, 0.2) is 0 Å². The van der Waals surface area contributed by atoms with Gasteiger partial charge in [-0.15, -0.1) is 0 Å². The zero-order valence-corrected chi connectivity index (χ0v) is 7.85. The highest BCUT2D eigenvalue weighted by molar-refractivity contribution is 5.27. The van der Waals surface area contributed by atoms with Gasteiger partial charge in [-0.1, -0.05) is 37.1 Å². The normalized spacial score (nSPS) is 22.5. The second-order valence-corrected chi connectivity index (χ2v) is 3.59. The van der Waals surface area contributed by atoms with Gasteiger partial charge in [-0.3, -0.25) is 0 Å². The molecule has 0 atom stereocenters. The maximum Gasteiger partial charge on any atom is -0.0257 e. The molecule has 0 spiro atoms. The largest absolute Gasteiger partial charge is 0.0844 e. The topological polar surface area (TPSA) is 0 Å². The van der Waals surface area contributed by atoms with Crippen molar-refractivity contribution in [3.8, 4) is 0 Å². The Morgan fingerprint density at radius 3 is 2.64 bits per heavy atom. The Kier molecular flexibility index (Phi) is 2.92. The molecular formula is C11H18. The Hall–Kier alpha value is -0.520. The second kappa shape index (κ2) is 3.75. The first kappa shape index (κ1) is 8.58. The second-order valence-electron chi connectivity index (χ2n) is 3.59. The van der Waals surface area contributed by atoms with Crippen LogP contribution in [0.5, 0.6) is 0 Å². The van der Waals surface area contributed by atoms with Gasteiger partial charge in [0.25, 0.3) is 0 Å². The fourth-order valence-corrected chi connectivity index (χ4v) is 1.56. The fourth-order valence-electron chi connectivity index (χ4n) is 1.56. The third kappa shape index (κ3) is 2.21.